The minimum atomic E-state index is -0.563. The molecule has 2 atom stereocenters. The molecule has 0 radical (unpaired) electrons. The van der Waals surface area contributed by atoms with E-state index in [1.165, 1.54) is 12.1 Å². The van der Waals surface area contributed by atoms with E-state index in [1.807, 2.05) is 18.2 Å². The molecule has 98 valence electrons. The Morgan fingerprint density at radius 2 is 1.89 bits per heavy atom. The van der Waals surface area contributed by atoms with Crippen LogP contribution in [0.1, 0.15) is 29.8 Å². The van der Waals surface area contributed by atoms with E-state index < -0.39 is 6.10 Å². The average Bonchev–Trinajstić information content (AvgIpc) is 2.38. The molecule has 1 heterocycles. The van der Waals surface area contributed by atoms with Crippen LogP contribution in [0.25, 0.3) is 0 Å². The average molecular weight is 323 g/mol. The minimum Gasteiger partial charge on any atom is -0.485 e. The Labute approximate surface area is 119 Å². The highest BCUT2D eigenvalue weighted by Gasteiger charge is 2.28. The first-order valence-electron chi connectivity index (χ1n) is 6.03. The summed E-state index contributed by atoms with van der Waals surface area (Å²) in [6, 6.07) is 11.8. The zero-order valence-corrected chi connectivity index (χ0v) is 11.6. The molecule has 0 aromatic heterocycles. The fourth-order valence-electron chi connectivity index (χ4n) is 2.30. The van der Waals surface area contributed by atoms with Gasteiger partial charge in [0.25, 0.3) is 0 Å². The van der Waals surface area contributed by atoms with Gasteiger partial charge in [0.2, 0.25) is 0 Å². The van der Waals surface area contributed by atoms with Gasteiger partial charge in [0, 0.05) is 16.5 Å². The quantitative estimate of drug-likeness (QED) is 0.854. The molecule has 1 aliphatic heterocycles. The zero-order chi connectivity index (χ0) is 13.4. The number of aliphatic hydroxyl groups excluding tert-OH is 1. The van der Waals surface area contributed by atoms with Crippen LogP contribution in [0.2, 0.25) is 0 Å². The van der Waals surface area contributed by atoms with Crippen LogP contribution in [0.15, 0.2) is 46.9 Å². The van der Waals surface area contributed by atoms with E-state index in [1.54, 1.807) is 12.1 Å². The monoisotopic (exact) mass is 322 g/mol. The highest BCUT2D eigenvalue weighted by Crippen LogP contribution is 2.41. The van der Waals surface area contributed by atoms with Gasteiger partial charge in [-0.2, -0.15) is 0 Å². The summed E-state index contributed by atoms with van der Waals surface area (Å²) in [5.41, 5.74) is 1.66. The highest BCUT2D eigenvalue weighted by atomic mass is 79.9. The fraction of sp³-hybridized carbons (Fsp3) is 0.200. The number of halogens is 2. The lowest BCUT2D eigenvalue weighted by Gasteiger charge is -2.30. The largest absolute Gasteiger partial charge is 0.485 e. The molecule has 0 fully saturated rings. The van der Waals surface area contributed by atoms with E-state index in [9.17, 15) is 9.50 Å². The molecular weight excluding hydrogens is 311 g/mol. The molecule has 2 aromatic rings. The Hall–Kier alpha value is -1.39. The van der Waals surface area contributed by atoms with Crippen molar-refractivity contribution < 1.29 is 14.2 Å². The molecule has 4 heteroatoms. The Balaban J connectivity index is 1.93. The second kappa shape index (κ2) is 4.94. The van der Waals surface area contributed by atoms with Crippen molar-refractivity contribution in [1.82, 2.24) is 0 Å². The summed E-state index contributed by atoms with van der Waals surface area (Å²) in [7, 11) is 0. The van der Waals surface area contributed by atoms with E-state index in [2.05, 4.69) is 15.9 Å². The molecule has 0 aliphatic carbocycles. The van der Waals surface area contributed by atoms with Crippen molar-refractivity contribution in [2.24, 2.45) is 0 Å². The molecule has 1 N–H and O–H groups in total. The van der Waals surface area contributed by atoms with Crippen LogP contribution in [0.5, 0.6) is 5.75 Å². The van der Waals surface area contributed by atoms with Crippen molar-refractivity contribution in [2.75, 3.05) is 0 Å². The molecule has 1 unspecified atom stereocenters. The van der Waals surface area contributed by atoms with E-state index in [4.69, 9.17) is 4.74 Å². The zero-order valence-electron chi connectivity index (χ0n) is 10.0. The Kier molecular flexibility index (Phi) is 3.29. The van der Waals surface area contributed by atoms with Gasteiger partial charge in [-0.3, -0.25) is 0 Å². The van der Waals surface area contributed by atoms with Crippen LogP contribution in [0, 0.1) is 5.82 Å². The van der Waals surface area contributed by atoms with Gasteiger partial charge in [-0.05, 0) is 29.8 Å². The predicted molar refractivity (Wildman–Crippen MR) is 73.5 cm³/mol. The summed E-state index contributed by atoms with van der Waals surface area (Å²) in [5.74, 6) is 0.394. The number of hydrogen-bond acceptors (Lipinski definition) is 2. The van der Waals surface area contributed by atoms with Crippen molar-refractivity contribution in [3.05, 3.63) is 63.9 Å². The standard InChI is InChI=1S/C15H12BrFO2/c16-10-3-6-12-13(18)8-14(19-15(12)7-10)9-1-4-11(17)5-2-9/h1-7,13-14,18H,8H2/t13-,14?/m1/s1. The summed E-state index contributed by atoms with van der Waals surface area (Å²) in [4.78, 5) is 0. The summed E-state index contributed by atoms with van der Waals surface area (Å²) >= 11 is 3.38. The number of benzene rings is 2. The van der Waals surface area contributed by atoms with E-state index in [0.717, 1.165) is 15.6 Å². The third kappa shape index (κ3) is 2.51. The Morgan fingerprint density at radius 3 is 2.63 bits per heavy atom. The second-order valence-corrected chi connectivity index (χ2v) is 5.51. The van der Waals surface area contributed by atoms with Gasteiger partial charge in [0.05, 0.1) is 6.10 Å². The SMILES string of the molecule is O[C@@H]1CC(c2ccc(F)cc2)Oc2cc(Br)ccc21. The van der Waals surface area contributed by atoms with Gasteiger partial charge in [0.15, 0.2) is 0 Å². The van der Waals surface area contributed by atoms with Gasteiger partial charge in [-0.25, -0.2) is 4.39 Å². The molecule has 19 heavy (non-hydrogen) atoms. The first-order valence-corrected chi connectivity index (χ1v) is 6.82. The van der Waals surface area contributed by atoms with Gasteiger partial charge in [0.1, 0.15) is 17.7 Å². The van der Waals surface area contributed by atoms with Crippen molar-refractivity contribution in [2.45, 2.75) is 18.6 Å². The summed E-state index contributed by atoms with van der Waals surface area (Å²) in [6.45, 7) is 0. The molecule has 1 aliphatic rings. The Bertz CT molecular complexity index is 598. The van der Waals surface area contributed by atoms with Gasteiger partial charge < -0.3 is 9.84 Å². The molecule has 0 amide bonds. The molecule has 3 rings (SSSR count). The maximum absolute atomic E-state index is 12.9. The summed E-state index contributed by atoms with van der Waals surface area (Å²) < 4.78 is 19.7. The van der Waals surface area contributed by atoms with Crippen molar-refractivity contribution in [3.8, 4) is 5.75 Å². The van der Waals surface area contributed by atoms with Gasteiger partial charge in [-0.15, -0.1) is 0 Å². The second-order valence-electron chi connectivity index (χ2n) is 4.59. The van der Waals surface area contributed by atoms with Crippen LogP contribution in [-0.2, 0) is 0 Å². The lowest BCUT2D eigenvalue weighted by Crippen LogP contribution is -2.19. The van der Waals surface area contributed by atoms with Crippen molar-refractivity contribution in [3.63, 3.8) is 0 Å². The van der Waals surface area contributed by atoms with Crippen LogP contribution >= 0.6 is 15.9 Å². The topological polar surface area (TPSA) is 29.5 Å². The predicted octanol–water partition coefficient (Wildman–Crippen LogP) is 4.15. The molecule has 2 nitrogen and oxygen atoms in total. The first-order chi connectivity index (χ1) is 9.13. The van der Waals surface area contributed by atoms with Crippen molar-refractivity contribution >= 4 is 15.9 Å². The molecule has 0 bridgehead atoms. The molecular formula is C15H12BrFO2. The van der Waals surface area contributed by atoms with Gasteiger partial charge in [-0.1, -0.05) is 34.1 Å². The van der Waals surface area contributed by atoms with Crippen LogP contribution in [0.4, 0.5) is 4.39 Å². The van der Waals surface area contributed by atoms with Crippen LogP contribution in [-0.4, -0.2) is 5.11 Å². The molecule has 0 spiro atoms. The summed E-state index contributed by atoms with van der Waals surface area (Å²) in [5, 5.41) is 10.2. The number of fused-ring (bicyclic) bond motifs is 1. The van der Waals surface area contributed by atoms with Crippen LogP contribution < -0.4 is 4.74 Å². The third-order valence-electron chi connectivity index (χ3n) is 3.28. The van der Waals surface area contributed by atoms with E-state index >= 15 is 0 Å². The maximum Gasteiger partial charge on any atom is 0.127 e. The number of hydrogen-bond donors (Lipinski definition) is 1. The minimum absolute atomic E-state index is 0.252. The van der Waals surface area contributed by atoms with E-state index in [-0.39, 0.29) is 11.9 Å². The number of aliphatic hydroxyl groups is 1. The number of rotatable bonds is 1. The normalized spacial score (nSPS) is 21.6. The molecule has 0 saturated heterocycles. The maximum atomic E-state index is 12.9. The van der Waals surface area contributed by atoms with Gasteiger partial charge >= 0.3 is 0 Å². The van der Waals surface area contributed by atoms with E-state index in [0.29, 0.717) is 12.2 Å². The lowest BCUT2D eigenvalue weighted by molar-refractivity contribution is 0.0656. The Morgan fingerprint density at radius 1 is 1.16 bits per heavy atom. The highest BCUT2D eigenvalue weighted by molar-refractivity contribution is 9.10. The summed E-state index contributed by atoms with van der Waals surface area (Å²) in [6.07, 6.45) is -0.343. The molecule has 2 aromatic carbocycles. The van der Waals surface area contributed by atoms with Crippen molar-refractivity contribution in [1.29, 1.82) is 0 Å². The fourth-order valence-corrected chi connectivity index (χ4v) is 2.64. The third-order valence-corrected chi connectivity index (χ3v) is 3.78. The lowest BCUT2D eigenvalue weighted by atomic mass is 9.95. The smallest absolute Gasteiger partial charge is 0.127 e. The molecule has 0 saturated carbocycles. The first kappa shape index (κ1) is 12.6. The van der Waals surface area contributed by atoms with Crippen LogP contribution in [0.3, 0.4) is 0 Å². The number of ether oxygens (including phenoxy) is 1.